The van der Waals surface area contributed by atoms with Crippen molar-refractivity contribution in [2.75, 3.05) is 0 Å². The summed E-state index contributed by atoms with van der Waals surface area (Å²) in [7, 11) is 0. The second-order valence-corrected chi connectivity index (χ2v) is 6.64. The topological polar surface area (TPSA) is 26.4 Å². The molecule has 0 saturated carbocycles. The van der Waals surface area contributed by atoms with E-state index in [0.29, 0.717) is 22.5 Å². The molecule has 0 saturated heterocycles. The summed E-state index contributed by atoms with van der Waals surface area (Å²) in [6, 6.07) is 19.3. The van der Waals surface area contributed by atoms with Gasteiger partial charge in [0, 0.05) is 10.4 Å². The first-order chi connectivity index (χ1) is 11.1. The van der Waals surface area contributed by atoms with Gasteiger partial charge in [-0.3, -0.25) is 9.48 Å². The molecule has 2 aromatic heterocycles. The van der Waals surface area contributed by atoms with Crippen molar-refractivity contribution in [3.63, 3.8) is 0 Å². The Balaban J connectivity index is 2.13. The first-order valence-corrected chi connectivity index (χ1v) is 8.35. The maximum absolute atomic E-state index is 12.7. The number of hydrogen-bond acceptors (Lipinski definition) is 1. The van der Waals surface area contributed by atoms with E-state index in [9.17, 15) is 4.79 Å². The summed E-state index contributed by atoms with van der Waals surface area (Å²) < 4.78 is 4.80. The van der Waals surface area contributed by atoms with Crippen LogP contribution in [0, 0.1) is 0 Å². The van der Waals surface area contributed by atoms with Gasteiger partial charge in [0.25, 0.3) is 0 Å². The summed E-state index contributed by atoms with van der Waals surface area (Å²) in [6.07, 6.45) is 0. The molecule has 0 atom stereocenters. The van der Waals surface area contributed by atoms with E-state index in [4.69, 9.17) is 11.6 Å². The van der Waals surface area contributed by atoms with Crippen LogP contribution in [0.4, 0.5) is 0 Å². The molecule has 0 aliphatic rings. The van der Waals surface area contributed by atoms with Crippen LogP contribution in [-0.2, 0) is 6.54 Å². The molecule has 0 spiro atoms. The second-order valence-electron chi connectivity index (χ2n) is 5.39. The highest BCUT2D eigenvalue weighted by Crippen LogP contribution is 2.22. The molecule has 3 nitrogen and oxygen atoms in total. The molecule has 0 aliphatic heterocycles. The highest BCUT2D eigenvalue weighted by Gasteiger charge is 2.13. The average Bonchev–Trinajstić information content (AvgIpc) is 2.94. The Bertz CT molecular complexity index is 1080. The lowest BCUT2D eigenvalue weighted by Crippen LogP contribution is -2.18. The van der Waals surface area contributed by atoms with Crippen LogP contribution in [0.1, 0.15) is 5.56 Å². The first-order valence-electron chi connectivity index (χ1n) is 7.18. The minimum atomic E-state index is 0.00618. The van der Waals surface area contributed by atoms with Crippen LogP contribution in [0.2, 0.25) is 5.02 Å². The lowest BCUT2D eigenvalue weighted by molar-refractivity contribution is 0.644. The van der Waals surface area contributed by atoms with Gasteiger partial charge in [0.1, 0.15) is 10.1 Å². The fourth-order valence-corrected chi connectivity index (χ4v) is 3.57. The highest BCUT2D eigenvalue weighted by atomic mass is 79.9. The lowest BCUT2D eigenvalue weighted by Gasteiger charge is -2.16. The van der Waals surface area contributed by atoms with Crippen molar-refractivity contribution >= 4 is 44.0 Å². The minimum Gasteiger partial charge on any atom is -0.287 e. The maximum Gasteiger partial charge on any atom is 0.213 e. The van der Waals surface area contributed by atoms with Gasteiger partial charge in [-0.25, -0.2) is 4.52 Å². The predicted octanol–water partition coefficient (Wildman–Crippen LogP) is 4.72. The van der Waals surface area contributed by atoms with Gasteiger partial charge in [-0.05, 0) is 51.8 Å². The molecule has 2 heterocycles. The number of hydrogen-bond donors (Lipinski definition) is 0. The number of rotatable bonds is 2. The molecule has 0 unspecified atom stereocenters. The summed E-state index contributed by atoms with van der Waals surface area (Å²) in [6.45, 7) is 0.641. The third kappa shape index (κ3) is 2.38. The zero-order valence-electron chi connectivity index (χ0n) is 12.0. The molecule has 0 radical (unpaired) electrons. The molecule has 114 valence electrons. The van der Waals surface area contributed by atoms with E-state index in [1.165, 1.54) is 0 Å². The van der Waals surface area contributed by atoms with Crippen LogP contribution >= 0.6 is 27.5 Å². The zero-order chi connectivity index (χ0) is 16.0. The van der Waals surface area contributed by atoms with Gasteiger partial charge in [0.15, 0.2) is 0 Å². The number of benzene rings is 2. The maximum atomic E-state index is 12.7. The van der Waals surface area contributed by atoms with Crippen LogP contribution in [0.3, 0.4) is 0 Å². The molecular weight excluding hydrogens is 376 g/mol. The monoisotopic (exact) mass is 386 g/mol. The highest BCUT2D eigenvalue weighted by molar-refractivity contribution is 9.10. The molecule has 2 aromatic carbocycles. The minimum absolute atomic E-state index is 0.00618. The molecule has 4 aromatic rings. The van der Waals surface area contributed by atoms with Crippen LogP contribution in [0.5, 0.6) is 0 Å². The molecule has 4 rings (SSSR count). The van der Waals surface area contributed by atoms with Crippen molar-refractivity contribution in [2.45, 2.75) is 6.54 Å². The van der Waals surface area contributed by atoms with Gasteiger partial charge < -0.3 is 0 Å². The van der Waals surface area contributed by atoms with Gasteiger partial charge in [-0.15, -0.1) is 0 Å². The quantitative estimate of drug-likeness (QED) is 0.489. The third-order valence-corrected chi connectivity index (χ3v) is 4.78. The number of nitrogens with zero attached hydrogens (tertiary/aromatic N) is 2. The van der Waals surface area contributed by atoms with Crippen LogP contribution < -0.4 is 5.43 Å². The molecule has 5 heteroatoms. The Morgan fingerprint density at radius 3 is 2.52 bits per heavy atom. The van der Waals surface area contributed by atoms with Crippen LogP contribution in [0.15, 0.2) is 70.1 Å². The van der Waals surface area contributed by atoms with Crippen molar-refractivity contribution in [1.82, 2.24) is 9.20 Å². The van der Waals surface area contributed by atoms with Gasteiger partial charge in [-0.2, -0.15) is 0 Å². The van der Waals surface area contributed by atoms with E-state index >= 15 is 0 Å². The van der Waals surface area contributed by atoms with E-state index < -0.39 is 0 Å². The Labute approximate surface area is 145 Å². The first kappa shape index (κ1) is 14.5. The van der Waals surface area contributed by atoms with Gasteiger partial charge in [-0.1, -0.05) is 41.9 Å². The Morgan fingerprint density at radius 2 is 1.74 bits per heavy atom. The number of fused-ring (bicyclic) bond motifs is 2. The van der Waals surface area contributed by atoms with E-state index in [1.54, 1.807) is 12.1 Å². The molecule has 0 amide bonds. The summed E-state index contributed by atoms with van der Waals surface area (Å²) >= 11 is 9.71. The standard InChI is InChI=1S/C18H12BrClN2O/c19-17-9-8-15-18(23)14-7-6-13(20)10-16(14)21(22(15)17)11-12-4-2-1-3-5-12/h1-10H,11H2. The Hall–Kier alpha value is -2.04. The fraction of sp³-hybridized carbons (Fsp3) is 0.0556. The Morgan fingerprint density at radius 1 is 0.957 bits per heavy atom. The van der Waals surface area contributed by atoms with Crippen molar-refractivity contribution in [3.8, 4) is 0 Å². The Kier molecular flexibility index (Phi) is 3.51. The summed E-state index contributed by atoms with van der Waals surface area (Å²) in [4.78, 5) is 12.7. The summed E-state index contributed by atoms with van der Waals surface area (Å²) in [5.74, 6) is 0. The van der Waals surface area contributed by atoms with Crippen molar-refractivity contribution < 1.29 is 0 Å². The number of halogens is 2. The van der Waals surface area contributed by atoms with Crippen molar-refractivity contribution in [1.29, 1.82) is 0 Å². The zero-order valence-corrected chi connectivity index (χ0v) is 14.4. The molecule has 0 fully saturated rings. The van der Waals surface area contributed by atoms with Crippen molar-refractivity contribution in [2.24, 2.45) is 0 Å². The fourth-order valence-electron chi connectivity index (χ4n) is 2.89. The third-order valence-electron chi connectivity index (χ3n) is 3.94. The predicted molar refractivity (Wildman–Crippen MR) is 97.4 cm³/mol. The summed E-state index contributed by atoms with van der Waals surface area (Å²) in [5, 5.41) is 1.28. The molecule has 0 bridgehead atoms. The second kappa shape index (κ2) is 5.55. The molecule has 0 aliphatic carbocycles. The molecule has 0 N–H and O–H groups in total. The van der Waals surface area contributed by atoms with E-state index in [-0.39, 0.29) is 5.43 Å². The van der Waals surface area contributed by atoms with Crippen LogP contribution in [0.25, 0.3) is 16.4 Å². The normalized spacial score (nSPS) is 11.4. The lowest BCUT2D eigenvalue weighted by atomic mass is 10.2. The largest absolute Gasteiger partial charge is 0.287 e. The molecular formula is C18H12BrClN2O. The van der Waals surface area contributed by atoms with E-state index in [0.717, 1.165) is 15.7 Å². The van der Waals surface area contributed by atoms with Gasteiger partial charge in [0.05, 0.1) is 12.1 Å². The average molecular weight is 388 g/mol. The van der Waals surface area contributed by atoms with E-state index in [1.807, 2.05) is 40.9 Å². The van der Waals surface area contributed by atoms with E-state index in [2.05, 4.69) is 32.7 Å². The van der Waals surface area contributed by atoms with Crippen molar-refractivity contribution in [3.05, 3.63) is 86.1 Å². The SMILES string of the molecule is O=c1c2ccc(Cl)cc2n(Cc2ccccc2)n2c(Br)ccc12. The number of aromatic nitrogens is 2. The van der Waals surface area contributed by atoms with Gasteiger partial charge >= 0.3 is 0 Å². The summed E-state index contributed by atoms with van der Waals surface area (Å²) in [5.41, 5.74) is 2.62. The smallest absolute Gasteiger partial charge is 0.213 e. The molecule has 23 heavy (non-hydrogen) atoms. The van der Waals surface area contributed by atoms with Gasteiger partial charge in [0.2, 0.25) is 5.43 Å². The van der Waals surface area contributed by atoms with Crippen LogP contribution in [-0.4, -0.2) is 9.20 Å².